The summed E-state index contributed by atoms with van der Waals surface area (Å²) < 4.78 is 0. The standard InChI is InChI=1S/C16H27N3/c1-12(2)11-19-16(17-5)18-7-6-15-9-13(3)8-14(4)10-15/h8-10,12H,6-7,11H2,1-5H3,(H2,17,18,19). The number of nitrogens with zero attached hydrogens (tertiary/aromatic N) is 1. The molecule has 1 aromatic rings. The number of rotatable bonds is 5. The Bertz CT molecular complexity index is 402. The van der Waals surface area contributed by atoms with E-state index in [9.17, 15) is 0 Å². The van der Waals surface area contributed by atoms with Gasteiger partial charge in [0.05, 0.1) is 0 Å². The molecule has 0 aromatic heterocycles. The number of aryl methyl sites for hydroxylation is 2. The summed E-state index contributed by atoms with van der Waals surface area (Å²) in [5, 5.41) is 6.67. The van der Waals surface area contributed by atoms with Crippen molar-refractivity contribution in [2.45, 2.75) is 34.1 Å². The van der Waals surface area contributed by atoms with Crippen LogP contribution in [0.5, 0.6) is 0 Å². The monoisotopic (exact) mass is 261 g/mol. The Morgan fingerprint density at radius 2 is 1.74 bits per heavy atom. The molecule has 2 N–H and O–H groups in total. The fourth-order valence-electron chi connectivity index (χ4n) is 2.06. The highest BCUT2D eigenvalue weighted by molar-refractivity contribution is 5.79. The Morgan fingerprint density at radius 3 is 2.26 bits per heavy atom. The molecule has 0 saturated carbocycles. The van der Waals surface area contributed by atoms with Gasteiger partial charge in [0.15, 0.2) is 5.96 Å². The summed E-state index contributed by atoms with van der Waals surface area (Å²) in [5.74, 6) is 1.51. The van der Waals surface area contributed by atoms with E-state index in [4.69, 9.17) is 0 Å². The van der Waals surface area contributed by atoms with Crippen molar-refractivity contribution >= 4 is 5.96 Å². The lowest BCUT2D eigenvalue weighted by molar-refractivity contribution is 0.614. The Hall–Kier alpha value is -1.51. The first-order valence-corrected chi connectivity index (χ1v) is 7.03. The van der Waals surface area contributed by atoms with Crippen LogP contribution in [0.25, 0.3) is 0 Å². The van der Waals surface area contributed by atoms with E-state index in [0.717, 1.165) is 25.5 Å². The third-order valence-electron chi connectivity index (χ3n) is 2.89. The van der Waals surface area contributed by atoms with E-state index in [0.29, 0.717) is 5.92 Å². The van der Waals surface area contributed by atoms with Crippen molar-refractivity contribution in [2.24, 2.45) is 10.9 Å². The minimum Gasteiger partial charge on any atom is -0.356 e. The quantitative estimate of drug-likeness (QED) is 0.631. The molecule has 19 heavy (non-hydrogen) atoms. The van der Waals surface area contributed by atoms with Gasteiger partial charge in [0.1, 0.15) is 0 Å². The molecular weight excluding hydrogens is 234 g/mol. The average Bonchev–Trinajstić information content (AvgIpc) is 2.32. The normalized spacial score (nSPS) is 11.8. The molecule has 0 amide bonds. The lowest BCUT2D eigenvalue weighted by Gasteiger charge is -2.13. The molecule has 0 saturated heterocycles. The average molecular weight is 261 g/mol. The van der Waals surface area contributed by atoms with Gasteiger partial charge in [-0.2, -0.15) is 0 Å². The van der Waals surface area contributed by atoms with Gasteiger partial charge >= 0.3 is 0 Å². The van der Waals surface area contributed by atoms with Crippen molar-refractivity contribution in [2.75, 3.05) is 20.1 Å². The fraction of sp³-hybridized carbons (Fsp3) is 0.562. The van der Waals surface area contributed by atoms with Crippen LogP contribution >= 0.6 is 0 Å². The van der Waals surface area contributed by atoms with Crippen molar-refractivity contribution < 1.29 is 0 Å². The lowest BCUT2D eigenvalue weighted by atomic mass is 10.1. The van der Waals surface area contributed by atoms with Crippen molar-refractivity contribution in [3.63, 3.8) is 0 Å². The molecule has 0 heterocycles. The predicted octanol–water partition coefficient (Wildman–Crippen LogP) is 2.67. The van der Waals surface area contributed by atoms with Crippen LogP contribution in [0.15, 0.2) is 23.2 Å². The van der Waals surface area contributed by atoms with Crippen LogP contribution in [0.3, 0.4) is 0 Å². The lowest BCUT2D eigenvalue weighted by Crippen LogP contribution is -2.39. The third-order valence-corrected chi connectivity index (χ3v) is 2.89. The summed E-state index contributed by atoms with van der Waals surface area (Å²) in [6.45, 7) is 10.5. The largest absolute Gasteiger partial charge is 0.356 e. The first-order chi connectivity index (χ1) is 9.01. The van der Waals surface area contributed by atoms with Gasteiger partial charge in [0.2, 0.25) is 0 Å². The van der Waals surface area contributed by atoms with Crippen LogP contribution in [0.1, 0.15) is 30.5 Å². The summed E-state index contributed by atoms with van der Waals surface area (Å²) >= 11 is 0. The SMILES string of the molecule is CN=C(NCCc1cc(C)cc(C)c1)NCC(C)C. The fourth-order valence-corrected chi connectivity index (χ4v) is 2.06. The Labute approximate surface area is 117 Å². The Morgan fingerprint density at radius 1 is 1.11 bits per heavy atom. The molecule has 0 fully saturated rings. The number of guanidine groups is 1. The molecule has 1 aromatic carbocycles. The maximum Gasteiger partial charge on any atom is 0.190 e. The molecule has 0 aliphatic heterocycles. The second-order valence-electron chi connectivity index (χ2n) is 5.52. The molecule has 0 aliphatic carbocycles. The zero-order chi connectivity index (χ0) is 14.3. The second kappa shape index (κ2) is 7.82. The number of hydrogen-bond donors (Lipinski definition) is 2. The summed E-state index contributed by atoms with van der Waals surface area (Å²) in [5.41, 5.74) is 4.04. The molecule has 3 heteroatoms. The number of benzene rings is 1. The minimum absolute atomic E-state index is 0.623. The third kappa shape index (κ3) is 6.27. The van der Waals surface area contributed by atoms with Gasteiger partial charge in [0.25, 0.3) is 0 Å². The zero-order valence-electron chi connectivity index (χ0n) is 12.9. The molecule has 0 bridgehead atoms. The highest BCUT2D eigenvalue weighted by atomic mass is 15.2. The molecule has 0 radical (unpaired) electrons. The van der Waals surface area contributed by atoms with Crippen LogP contribution in [0, 0.1) is 19.8 Å². The van der Waals surface area contributed by atoms with E-state index in [2.05, 4.69) is 61.5 Å². The molecule has 0 spiro atoms. The molecule has 0 aliphatic rings. The predicted molar refractivity (Wildman–Crippen MR) is 83.8 cm³/mol. The molecule has 0 unspecified atom stereocenters. The van der Waals surface area contributed by atoms with Crippen LogP contribution in [0.2, 0.25) is 0 Å². The van der Waals surface area contributed by atoms with Gasteiger partial charge in [-0.3, -0.25) is 4.99 Å². The van der Waals surface area contributed by atoms with Crippen molar-refractivity contribution in [1.29, 1.82) is 0 Å². The Balaban J connectivity index is 2.40. The Kier molecular flexibility index (Phi) is 6.40. The van der Waals surface area contributed by atoms with Gasteiger partial charge in [-0.25, -0.2) is 0 Å². The first-order valence-electron chi connectivity index (χ1n) is 7.03. The van der Waals surface area contributed by atoms with E-state index < -0.39 is 0 Å². The molecule has 106 valence electrons. The van der Waals surface area contributed by atoms with E-state index in [-0.39, 0.29) is 0 Å². The van der Waals surface area contributed by atoms with E-state index >= 15 is 0 Å². The maximum atomic E-state index is 4.22. The van der Waals surface area contributed by atoms with E-state index in [1.165, 1.54) is 16.7 Å². The van der Waals surface area contributed by atoms with Crippen LogP contribution < -0.4 is 10.6 Å². The van der Waals surface area contributed by atoms with Crippen LogP contribution in [-0.2, 0) is 6.42 Å². The number of nitrogens with one attached hydrogen (secondary N) is 2. The molecule has 1 rings (SSSR count). The second-order valence-corrected chi connectivity index (χ2v) is 5.52. The van der Waals surface area contributed by atoms with Gasteiger partial charge in [0, 0.05) is 20.1 Å². The summed E-state index contributed by atoms with van der Waals surface area (Å²) in [4.78, 5) is 4.22. The summed E-state index contributed by atoms with van der Waals surface area (Å²) in [6, 6.07) is 6.71. The zero-order valence-corrected chi connectivity index (χ0v) is 12.9. The first kappa shape index (κ1) is 15.5. The van der Waals surface area contributed by atoms with Gasteiger partial charge in [-0.1, -0.05) is 43.2 Å². The number of hydrogen-bond acceptors (Lipinski definition) is 1. The minimum atomic E-state index is 0.623. The van der Waals surface area contributed by atoms with E-state index in [1.54, 1.807) is 0 Å². The van der Waals surface area contributed by atoms with Gasteiger partial charge < -0.3 is 10.6 Å². The van der Waals surface area contributed by atoms with Crippen molar-refractivity contribution in [3.05, 3.63) is 34.9 Å². The highest BCUT2D eigenvalue weighted by Gasteiger charge is 2.00. The van der Waals surface area contributed by atoms with Crippen molar-refractivity contribution in [1.82, 2.24) is 10.6 Å². The van der Waals surface area contributed by atoms with Gasteiger partial charge in [-0.15, -0.1) is 0 Å². The highest BCUT2D eigenvalue weighted by Crippen LogP contribution is 2.08. The summed E-state index contributed by atoms with van der Waals surface area (Å²) in [6.07, 6.45) is 1.02. The van der Waals surface area contributed by atoms with Crippen LogP contribution in [-0.4, -0.2) is 26.1 Å². The van der Waals surface area contributed by atoms with Gasteiger partial charge in [-0.05, 0) is 31.7 Å². The molecule has 3 nitrogen and oxygen atoms in total. The topological polar surface area (TPSA) is 36.4 Å². The van der Waals surface area contributed by atoms with Crippen LogP contribution in [0.4, 0.5) is 0 Å². The molecule has 0 atom stereocenters. The van der Waals surface area contributed by atoms with Crippen molar-refractivity contribution in [3.8, 4) is 0 Å². The summed E-state index contributed by atoms with van der Waals surface area (Å²) in [7, 11) is 1.81. The molecular formula is C16H27N3. The maximum absolute atomic E-state index is 4.22. The smallest absolute Gasteiger partial charge is 0.190 e. The number of aliphatic imine (C=N–C) groups is 1. The van der Waals surface area contributed by atoms with E-state index in [1.807, 2.05) is 7.05 Å².